The first kappa shape index (κ1) is 8.27. The molecule has 3 heteroatoms. The van der Waals surface area contributed by atoms with E-state index in [1.807, 2.05) is 13.8 Å². The molecule has 0 bridgehead atoms. The van der Waals surface area contributed by atoms with Crippen molar-refractivity contribution in [3.63, 3.8) is 0 Å². The Morgan fingerprint density at radius 3 is 2.25 bits per heavy atom. The van der Waals surface area contributed by atoms with E-state index in [1.165, 1.54) is 0 Å². The molecule has 1 unspecified atom stereocenters. The molecule has 0 heterocycles. The van der Waals surface area contributed by atoms with E-state index in [1.54, 1.807) is 6.26 Å². The van der Waals surface area contributed by atoms with Gasteiger partial charge in [0.05, 0.1) is 12.4 Å². The Kier molecular flexibility index (Phi) is 4.32. The molecule has 0 amide bonds. The van der Waals surface area contributed by atoms with Crippen molar-refractivity contribution in [3.8, 4) is 0 Å². The first-order valence-corrected chi connectivity index (χ1v) is 4.27. The summed E-state index contributed by atoms with van der Waals surface area (Å²) >= 11 is -0.808. The second kappa shape index (κ2) is 4.18. The molecule has 0 spiro atoms. The third-order valence-electron chi connectivity index (χ3n) is 0.567. The highest BCUT2D eigenvalue weighted by Gasteiger charge is 1.97. The normalized spacial score (nSPS) is 14.6. The molecule has 0 saturated carbocycles. The van der Waals surface area contributed by atoms with Crippen LogP contribution in [-0.4, -0.2) is 22.9 Å². The van der Waals surface area contributed by atoms with Gasteiger partial charge in [0, 0.05) is 0 Å². The second-order valence-electron chi connectivity index (χ2n) is 1.91. The Hall–Kier alpha value is 0.270. The van der Waals surface area contributed by atoms with Crippen LogP contribution in [0, 0.1) is 0 Å². The fourth-order valence-electron chi connectivity index (χ4n) is 0.232. The summed E-state index contributed by atoms with van der Waals surface area (Å²) in [6.07, 6.45) is 1.82. The molecule has 0 saturated heterocycles. The highest BCUT2D eigenvalue weighted by molar-refractivity contribution is 7.90. The Balaban J connectivity index is 2.93. The molecule has 0 aliphatic heterocycles. The van der Waals surface area contributed by atoms with Gasteiger partial charge < -0.3 is 9.29 Å². The summed E-state index contributed by atoms with van der Waals surface area (Å²) in [7, 11) is 0. The first-order chi connectivity index (χ1) is 3.63. The van der Waals surface area contributed by atoms with Crippen LogP contribution in [-0.2, 0) is 15.9 Å². The Morgan fingerprint density at radius 1 is 1.62 bits per heavy atom. The Bertz CT molecular complexity index is 46.4. The van der Waals surface area contributed by atoms with E-state index in [0.29, 0.717) is 5.94 Å². The molecule has 0 radical (unpaired) electrons. The summed E-state index contributed by atoms with van der Waals surface area (Å²) in [5.74, 6) is 0.359. The van der Waals surface area contributed by atoms with Crippen LogP contribution < -0.4 is 0 Å². The van der Waals surface area contributed by atoms with Gasteiger partial charge in [-0.15, -0.1) is 0 Å². The van der Waals surface area contributed by atoms with Gasteiger partial charge in [0.2, 0.25) is 5.94 Å². The van der Waals surface area contributed by atoms with E-state index in [0.717, 1.165) is 0 Å². The average molecular weight is 136 g/mol. The summed E-state index contributed by atoms with van der Waals surface area (Å²) in [5.41, 5.74) is 0. The molecule has 50 valence electrons. The molecule has 0 rings (SSSR count). The largest absolute Gasteiger partial charge is 0.615 e. The predicted molar refractivity (Wildman–Crippen MR) is 35.2 cm³/mol. The minimum Gasteiger partial charge on any atom is -0.615 e. The fourth-order valence-corrected chi connectivity index (χ4v) is 0.696. The van der Waals surface area contributed by atoms with Gasteiger partial charge in [-0.2, -0.15) is 0 Å². The number of hydrogen-bond donors (Lipinski definition) is 0. The van der Waals surface area contributed by atoms with Gasteiger partial charge in [-0.3, -0.25) is 0 Å². The van der Waals surface area contributed by atoms with Crippen molar-refractivity contribution in [2.45, 2.75) is 20.0 Å². The van der Waals surface area contributed by atoms with E-state index >= 15 is 0 Å². The van der Waals surface area contributed by atoms with E-state index in [4.69, 9.17) is 4.74 Å². The topological polar surface area (TPSA) is 32.3 Å². The highest BCUT2D eigenvalue weighted by Crippen LogP contribution is 1.90. The van der Waals surface area contributed by atoms with Crippen molar-refractivity contribution in [3.05, 3.63) is 0 Å². The summed E-state index contributed by atoms with van der Waals surface area (Å²) in [5, 5.41) is 0. The molecule has 8 heavy (non-hydrogen) atoms. The number of hydrogen-bond acceptors (Lipinski definition) is 2. The standard InChI is InChI=1S/C5H12O2S/c1-5(2)7-4-8(3)6/h5H,4H2,1-3H3. The summed E-state index contributed by atoms with van der Waals surface area (Å²) in [6, 6.07) is 0. The summed E-state index contributed by atoms with van der Waals surface area (Å²) in [4.78, 5) is 0. The zero-order chi connectivity index (χ0) is 6.57. The Morgan fingerprint density at radius 2 is 2.12 bits per heavy atom. The third kappa shape index (κ3) is 6.27. The van der Waals surface area contributed by atoms with Gasteiger partial charge in [0.25, 0.3) is 0 Å². The molecular formula is C5H12O2S. The molecule has 0 aliphatic carbocycles. The van der Waals surface area contributed by atoms with Gasteiger partial charge in [-0.05, 0) is 25.0 Å². The smallest absolute Gasteiger partial charge is 0.205 e. The molecule has 0 aromatic heterocycles. The zero-order valence-corrected chi connectivity index (χ0v) is 6.33. The zero-order valence-electron chi connectivity index (χ0n) is 5.51. The van der Waals surface area contributed by atoms with Crippen LogP contribution in [0.15, 0.2) is 0 Å². The van der Waals surface area contributed by atoms with E-state index in [9.17, 15) is 4.55 Å². The molecule has 1 atom stereocenters. The van der Waals surface area contributed by atoms with Crippen molar-refractivity contribution >= 4 is 11.2 Å². The molecule has 2 nitrogen and oxygen atoms in total. The number of ether oxygens (including phenoxy) is 1. The lowest BCUT2D eigenvalue weighted by molar-refractivity contribution is 0.116. The average Bonchev–Trinajstić information content (AvgIpc) is 1.61. The first-order valence-electron chi connectivity index (χ1n) is 2.54. The number of rotatable bonds is 3. The van der Waals surface area contributed by atoms with Crippen molar-refractivity contribution in [1.82, 2.24) is 0 Å². The highest BCUT2D eigenvalue weighted by atomic mass is 32.2. The third-order valence-corrected chi connectivity index (χ3v) is 1.04. The lowest BCUT2D eigenvalue weighted by atomic mass is 10.5. The molecule has 0 aliphatic rings. The summed E-state index contributed by atoms with van der Waals surface area (Å²) < 4.78 is 15.3. The second-order valence-corrected chi connectivity index (χ2v) is 3.29. The monoisotopic (exact) mass is 136 g/mol. The fraction of sp³-hybridized carbons (Fsp3) is 1.00. The van der Waals surface area contributed by atoms with Crippen LogP contribution in [0.25, 0.3) is 0 Å². The van der Waals surface area contributed by atoms with Crippen molar-refractivity contribution in [2.75, 3.05) is 12.2 Å². The SMILES string of the molecule is CC(C)OC[S+](C)[O-]. The van der Waals surface area contributed by atoms with Gasteiger partial charge in [0.15, 0.2) is 0 Å². The Labute approximate surface area is 53.4 Å². The molecular weight excluding hydrogens is 124 g/mol. The van der Waals surface area contributed by atoms with Crippen LogP contribution in [0.5, 0.6) is 0 Å². The van der Waals surface area contributed by atoms with Gasteiger partial charge in [0.1, 0.15) is 0 Å². The molecule has 0 aromatic carbocycles. The maximum Gasteiger partial charge on any atom is 0.205 e. The van der Waals surface area contributed by atoms with Gasteiger partial charge in [-0.25, -0.2) is 0 Å². The molecule has 0 N–H and O–H groups in total. The van der Waals surface area contributed by atoms with Gasteiger partial charge >= 0.3 is 0 Å². The lowest BCUT2D eigenvalue weighted by Crippen LogP contribution is -2.11. The summed E-state index contributed by atoms with van der Waals surface area (Å²) in [6.45, 7) is 3.85. The molecule has 0 fully saturated rings. The van der Waals surface area contributed by atoms with Gasteiger partial charge in [-0.1, -0.05) is 0 Å². The van der Waals surface area contributed by atoms with Crippen molar-refractivity contribution in [1.29, 1.82) is 0 Å². The van der Waals surface area contributed by atoms with Crippen LogP contribution in [0.3, 0.4) is 0 Å². The molecule has 0 aromatic rings. The van der Waals surface area contributed by atoms with Crippen LogP contribution >= 0.6 is 0 Å². The van der Waals surface area contributed by atoms with E-state index < -0.39 is 11.2 Å². The van der Waals surface area contributed by atoms with E-state index in [-0.39, 0.29) is 6.10 Å². The van der Waals surface area contributed by atoms with Crippen LogP contribution in [0.4, 0.5) is 0 Å². The maximum absolute atomic E-state index is 10.3. The van der Waals surface area contributed by atoms with Crippen molar-refractivity contribution in [2.24, 2.45) is 0 Å². The minimum atomic E-state index is -0.808. The van der Waals surface area contributed by atoms with E-state index in [2.05, 4.69) is 0 Å². The minimum absolute atomic E-state index is 0.193. The van der Waals surface area contributed by atoms with Crippen LogP contribution in [0.1, 0.15) is 13.8 Å². The van der Waals surface area contributed by atoms with Crippen molar-refractivity contribution < 1.29 is 9.29 Å². The van der Waals surface area contributed by atoms with Crippen LogP contribution in [0.2, 0.25) is 0 Å². The lowest BCUT2D eigenvalue weighted by Gasteiger charge is -2.07. The predicted octanol–water partition coefficient (Wildman–Crippen LogP) is 0.747. The maximum atomic E-state index is 10.3. The quantitative estimate of drug-likeness (QED) is 0.536.